The highest BCUT2D eigenvalue weighted by atomic mass is 16.3. The van der Waals surface area contributed by atoms with Gasteiger partial charge in [-0.3, -0.25) is 0 Å². The standard InChI is InChI=1S/C33H47NO/c1-20(2)22-10-12-30(4)17-27(14-21(3)29(30)15-22)32-13-11-24-16-25-8-9-28-23(19-35)6-7-26(18-32)33(25,28)31(24,5)34-32/h6-7,14,22-26,28,34-35H,1,8-13,15-19H2,2-5H3. The number of aliphatic hydroxyl groups excluding tert-OH is 1. The van der Waals surface area contributed by atoms with E-state index in [1.54, 1.807) is 16.7 Å². The zero-order valence-corrected chi connectivity index (χ0v) is 22.6. The maximum atomic E-state index is 10.3. The smallest absolute Gasteiger partial charge is 0.0496 e. The molecule has 0 aromatic heterocycles. The van der Waals surface area contributed by atoms with E-state index in [-0.39, 0.29) is 11.1 Å². The fraction of sp³-hybridized carbons (Fsp3) is 0.758. The van der Waals surface area contributed by atoms with E-state index in [0.29, 0.717) is 41.1 Å². The third-order valence-electron chi connectivity index (χ3n) is 13.3. The number of fused-ring (bicyclic) bond motifs is 2. The monoisotopic (exact) mass is 473 g/mol. The van der Waals surface area contributed by atoms with Crippen LogP contribution in [0.15, 0.2) is 47.1 Å². The van der Waals surface area contributed by atoms with Crippen molar-refractivity contribution in [3.8, 4) is 0 Å². The number of piperidine rings is 2. The molecule has 7 rings (SSSR count). The van der Waals surface area contributed by atoms with E-state index >= 15 is 0 Å². The molecule has 35 heavy (non-hydrogen) atoms. The molecule has 190 valence electrons. The van der Waals surface area contributed by atoms with Gasteiger partial charge in [0.2, 0.25) is 0 Å². The SMILES string of the molecule is C=C(C)C1CCC2(C)CC(C34CCC5CC6CCC7C(CO)C=CC(C3)C67C5(C)N4)=CC(C)=C2C1. The lowest BCUT2D eigenvalue weighted by Gasteiger charge is -2.68. The number of rotatable bonds is 3. The molecule has 0 aromatic carbocycles. The molecule has 2 saturated heterocycles. The van der Waals surface area contributed by atoms with Crippen LogP contribution in [0.25, 0.3) is 0 Å². The highest BCUT2D eigenvalue weighted by molar-refractivity contribution is 5.46. The van der Waals surface area contributed by atoms with Crippen molar-refractivity contribution in [1.82, 2.24) is 5.32 Å². The minimum Gasteiger partial charge on any atom is -0.396 e. The van der Waals surface area contributed by atoms with Crippen LogP contribution < -0.4 is 5.32 Å². The predicted octanol–water partition coefficient (Wildman–Crippen LogP) is 7.13. The summed E-state index contributed by atoms with van der Waals surface area (Å²) in [5.74, 6) is 4.01. The van der Waals surface area contributed by atoms with Crippen LogP contribution in [0.4, 0.5) is 0 Å². The molecule has 0 amide bonds. The van der Waals surface area contributed by atoms with Gasteiger partial charge in [0.25, 0.3) is 0 Å². The third kappa shape index (κ3) is 2.69. The number of hydrogen-bond acceptors (Lipinski definition) is 2. The minimum absolute atomic E-state index is 0.153. The van der Waals surface area contributed by atoms with Crippen molar-refractivity contribution in [2.45, 2.75) is 103 Å². The van der Waals surface area contributed by atoms with Gasteiger partial charge in [-0.25, -0.2) is 0 Å². The topological polar surface area (TPSA) is 32.3 Å². The van der Waals surface area contributed by atoms with Gasteiger partial charge < -0.3 is 10.4 Å². The van der Waals surface area contributed by atoms with Gasteiger partial charge in [-0.1, -0.05) is 48.5 Å². The summed E-state index contributed by atoms with van der Waals surface area (Å²) in [6, 6.07) is 0. The van der Waals surface area contributed by atoms with Gasteiger partial charge in [-0.15, -0.1) is 0 Å². The van der Waals surface area contributed by atoms with Crippen LogP contribution in [0.3, 0.4) is 0 Å². The second kappa shape index (κ2) is 7.25. The van der Waals surface area contributed by atoms with Gasteiger partial charge in [-0.05, 0) is 126 Å². The first-order valence-corrected chi connectivity index (χ1v) is 14.8. The summed E-state index contributed by atoms with van der Waals surface area (Å²) in [4.78, 5) is 0. The van der Waals surface area contributed by atoms with E-state index in [1.165, 1.54) is 69.8 Å². The Labute approximate surface area is 213 Å². The van der Waals surface area contributed by atoms with Crippen molar-refractivity contribution >= 4 is 0 Å². The van der Waals surface area contributed by atoms with Crippen molar-refractivity contribution < 1.29 is 5.11 Å². The minimum atomic E-state index is 0.153. The molecule has 5 aliphatic carbocycles. The van der Waals surface area contributed by atoms with E-state index in [4.69, 9.17) is 0 Å². The highest BCUT2D eigenvalue weighted by Crippen LogP contribution is 2.76. The zero-order valence-electron chi connectivity index (χ0n) is 22.6. The summed E-state index contributed by atoms with van der Waals surface area (Å²) >= 11 is 0. The third-order valence-corrected chi connectivity index (χ3v) is 13.3. The van der Waals surface area contributed by atoms with Crippen molar-refractivity contribution in [3.63, 3.8) is 0 Å². The Morgan fingerprint density at radius 1 is 1.11 bits per heavy atom. The quantitative estimate of drug-likeness (QED) is 0.427. The van der Waals surface area contributed by atoms with Gasteiger partial charge in [-0.2, -0.15) is 0 Å². The van der Waals surface area contributed by atoms with Gasteiger partial charge in [0.1, 0.15) is 0 Å². The predicted molar refractivity (Wildman–Crippen MR) is 144 cm³/mol. The molecule has 2 heteroatoms. The Morgan fingerprint density at radius 2 is 1.94 bits per heavy atom. The van der Waals surface area contributed by atoms with Crippen LogP contribution in [0, 0.1) is 46.3 Å². The number of aliphatic hydroxyl groups is 1. The lowest BCUT2D eigenvalue weighted by atomic mass is 9.44. The fourth-order valence-corrected chi connectivity index (χ4v) is 11.9. The first-order chi connectivity index (χ1) is 16.7. The molecule has 2 bridgehead atoms. The average molecular weight is 474 g/mol. The second-order valence-electron chi connectivity index (χ2n) is 14.6. The summed E-state index contributed by atoms with van der Waals surface area (Å²) in [6.07, 6.45) is 20.9. The Morgan fingerprint density at radius 3 is 2.71 bits per heavy atom. The van der Waals surface area contributed by atoms with Crippen LogP contribution in [0.1, 0.15) is 91.9 Å². The first kappa shape index (κ1) is 23.0. The molecular formula is C33H47NO. The maximum Gasteiger partial charge on any atom is 0.0496 e. The van der Waals surface area contributed by atoms with Crippen LogP contribution in [0.5, 0.6) is 0 Å². The lowest BCUT2D eigenvalue weighted by Crippen LogP contribution is -2.76. The highest BCUT2D eigenvalue weighted by Gasteiger charge is 2.76. The molecule has 3 saturated carbocycles. The Bertz CT molecular complexity index is 1060. The summed E-state index contributed by atoms with van der Waals surface area (Å²) in [6.45, 7) is 14.5. The molecule has 2 nitrogen and oxygen atoms in total. The summed E-state index contributed by atoms with van der Waals surface area (Å²) in [5.41, 5.74) is 7.42. The first-order valence-electron chi connectivity index (χ1n) is 14.8. The number of allylic oxidation sites excluding steroid dienone is 5. The summed E-state index contributed by atoms with van der Waals surface area (Å²) < 4.78 is 0. The normalized spacial score (nSPS) is 53.8. The molecule has 0 aromatic rings. The molecular weight excluding hydrogens is 426 g/mol. The van der Waals surface area contributed by atoms with Crippen LogP contribution in [0.2, 0.25) is 0 Å². The second-order valence-corrected chi connectivity index (χ2v) is 14.6. The van der Waals surface area contributed by atoms with Gasteiger partial charge in [0.05, 0.1) is 0 Å². The molecule has 2 N–H and O–H groups in total. The Hall–Kier alpha value is -1.12. The van der Waals surface area contributed by atoms with Gasteiger partial charge in [0.15, 0.2) is 0 Å². The molecule has 2 heterocycles. The van der Waals surface area contributed by atoms with E-state index in [2.05, 4.69) is 57.8 Å². The summed E-state index contributed by atoms with van der Waals surface area (Å²) in [5, 5.41) is 14.9. The fourth-order valence-electron chi connectivity index (χ4n) is 11.9. The number of nitrogens with one attached hydrogen (secondary N) is 1. The Kier molecular flexibility index (Phi) is 4.77. The number of hydrogen-bond donors (Lipinski definition) is 2. The van der Waals surface area contributed by atoms with E-state index in [1.807, 2.05) is 0 Å². The molecule has 5 fully saturated rings. The van der Waals surface area contributed by atoms with Crippen molar-refractivity contribution in [1.29, 1.82) is 0 Å². The van der Waals surface area contributed by atoms with Gasteiger partial charge >= 0.3 is 0 Å². The zero-order chi connectivity index (χ0) is 24.4. The molecule has 10 unspecified atom stereocenters. The van der Waals surface area contributed by atoms with Crippen LogP contribution >= 0.6 is 0 Å². The molecule has 0 radical (unpaired) electrons. The van der Waals surface area contributed by atoms with E-state index in [9.17, 15) is 5.11 Å². The van der Waals surface area contributed by atoms with Crippen molar-refractivity contribution in [2.24, 2.45) is 46.3 Å². The molecule has 1 spiro atoms. The average Bonchev–Trinajstić information content (AvgIpc) is 3.34. The maximum absolute atomic E-state index is 10.3. The van der Waals surface area contributed by atoms with Crippen LogP contribution in [-0.4, -0.2) is 22.8 Å². The summed E-state index contributed by atoms with van der Waals surface area (Å²) in [7, 11) is 0. The van der Waals surface area contributed by atoms with Crippen LogP contribution in [-0.2, 0) is 0 Å². The molecule has 2 aliphatic heterocycles. The molecule has 10 atom stereocenters. The van der Waals surface area contributed by atoms with E-state index < -0.39 is 0 Å². The Balaban J connectivity index is 1.31. The lowest BCUT2D eigenvalue weighted by molar-refractivity contribution is -0.111. The van der Waals surface area contributed by atoms with Crippen molar-refractivity contribution in [3.05, 3.63) is 47.1 Å². The van der Waals surface area contributed by atoms with Gasteiger partial charge in [0, 0.05) is 29.0 Å². The largest absolute Gasteiger partial charge is 0.396 e. The van der Waals surface area contributed by atoms with Crippen molar-refractivity contribution in [2.75, 3.05) is 6.61 Å². The van der Waals surface area contributed by atoms with E-state index in [0.717, 1.165) is 11.8 Å². The molecule has 7 aliphatic rings.